The van der Waals surface area contributed by atoms with Crippen molar-refractivity contribution in [1.82, 2.24) is 9.38 Å². The minimum atomic E-state index is -0.352. The van der Waals surface area contributed by atoms with Crippen molar-refractivity contribution in [2.24, 2.45) is 0 Å². The van der Waals surface area contributed by atoms with Crippen LogP contribution in [-0.2, 0) is 0 Å². The molecule has 0 spiro atoms. The minimum Gasteiger partial charge on any atom is -0.507 e. The summed E-state index contributed by atoms with van der Waals surface area (Å²) in [7, 11) is 0. The van der Waals surface area contributed by atoms with E-state index in [0.717, 1.165) is 0 Å². The first kappa shape index (κ1) is 14.1. The van der Waals surface area contributed by atoms with E-state index in [1.807, 2.05) is 6.07 Å². The van der Waals surface area contributed by atoms with Gasteiger partial charge < -0.3 is 5.11 Å². The third-order valence-electron chi connectivity index (χ3n) is 3.93. The summed E-state index contributed by atoms with van der Waals surface area (Å²) in [4.78, 5) is 29.6. The zero-order valence-electron chi connectivity index (χ0n) is 12.5. The number of aromatic hydroxyl groups is 1. The van der Waals surface area contributed by atoms with Crippen molar-refractivity contribution in [1.29, 1.82) is 0 Å². The molecule has 0 saturated heterocycles. The average Bonchev–Trinajstić information content (AvgIpc) is 2.62. The maximum absolute atomic E-state index is 12.6. The van der Waals surface area contributed by atoms with E-state index in [2.05, 4.69) is 4.98 Å². The van der Waals surface area contributed by atoms with E-state index in [9.17, 15) is 14.7 Å². The van der Waals surface area contributed by atoms with Crippen molar-refractivity contribution in [3.05, 3.63) is 88.3 Å². The lowest BCUT2D eigenvalue weighted by Gasteiger charge is -2.07. The molecule has 5 heteroatoms. The Hall–Kier alpha value is -3.47. The fraction of sp³-hybridized carbons (Fsp3) is 0. The molecule has 0 saturated carbocycles. The molecular weight excluding hydrogens is 304 g/mol. The number of rotatable bonds is 2. The Morgan fingerprint density at radius 1 is 0.958 bits per heavy atom. The maximum atomic E-state index is 12.6. The van der Waals surface area contributed by atoms with E-state index in [0.29, 0.717) is 22.1 Å². The summed E-state index contributed by atoms with van der Waals surface area (Å²) in [6.07, 6.45) is 1.46. The predicted octanol–water partition coefficient (Wildman–Crippen LogP) is 2.78. The molecule has 0 aliphatic carbocycles. The molecule has 0 unspecified atom stereocenters. The number of nitrogens with zero attached hydrogens (tertiary/aromatic N) is 2. The van der Waals surface area contributed by atoms with E-state index in [1.54, 1.807) is 48.5 Å². The third kappa shape index (κ3) is 2.14. The summed E-state index contributed by atoms with van der Waals surface area (Å²) in [5.41, 5.74) is 1.35. The zero-order chi connectivity index (χ0) is 16.7. The van der Waals surface area contributed by atoms with Gasteiger partial charge in [-0.2, -0.15) is 0 Å². The number of phenols is 1. The first-order valence-electron chi connectivity index (χ1n) is 7.39. The highest BCUT2D eigenvalue weighted by molar-refractivity contribution is 6.10. The van der Waals surface area contributed by atoms with Gasteiger partial charge in [0.05, 0.1) is 16.5 Å². The van der Waals surface area contributed by atoms with Crippen LogP contribution in [0.2, 0.25) is 0 Å². The van der Waals surface area contributed by atoms with E-state index >= 15 is 0 Å². The zero-order valence-corrected chi connectivity index (χ0v) is 12.5. The van der Waals surface area contributed by atoms with Crippen molar-refractivity contribution < 1.29 is 9.90 Å². The number of fused-ring (bicyclic) bond motifs is 2. The number of hydrogen-bond donors (Lipinski definition) is 1. The Kier molecular flexibility index (Phi) is 3.13. The molecule has 0 atom stereocenters. The number of ketones is 1. The van der Waals surface area contributed by atoms with Crippen LogP contribution >= 0.6 is 0 Å². The van der Waals surface area contributed by atoms with Gasteiger partial charge in [0.1, 0.15) is 11.4 Å². The fourth-order valence-electron chi connectivity index (χ4n) is 2.71. The monoisotopic (exact) mass is 316 g/mol. The van der Waals surface area contributed by atoms with Gasteiger partial charge in [-0.05, 0) is 36.4 Å². The molecule has 5 nitrogen and oxygen atoms in total. The molecule has 2 aromatic carbocycles. The molecule has 0 aliphatic rings. The summed E-state index contributed by atoms with van der Waals surface area (Å²) in [5, 5.41) is 10.3. The molecule has 1 N–H and O–H groups in total. The van der Waals surface area contributed by atoms with Gasteiger partial charge in [-0.3, -0.25) is 14.0 Å². The van der Waals surface area contributed by atoms with Gasteiger partial charge in [-0.1, -0.05) is 24.3 Å². The van der Waals surface area contributed by atoms with Gasteiger partial charge in [0.25, 0.3) is 5.56 Å². The number of phenolic OH excluding ortho intramolecular Hbond substituents is 1. The van der Waals surface area contributed by atoms with E-state index in [1.165, 1.54) is 16.7 Å². The van der Waals surface area contributed by atoms with E-state index in [-0.39, 0.29) is 22.7 Å². The second-order valence-corrected chi connectivity index (χ2v) is 5.43. The molecule has 4 rings (SSSR count). The van der Waals surface area contributed by atoms with Crippen molar-refractivity contribution in [3.8, 4) is 5.75 Å². The number of benzene rings is 2. The Morgan fingerprint density at radius 2 is 1.71 bits per heavy atom. The lowest BCUT2D eigenvalue weighted by atomic mass is 10.0. The summed E-state index contributed by atoms with van der Waals surface area (Å²) in [5.74, 6) is -0.443. The lowest BCUT2D eigenvalue weighted by molar-refractivity contribution is 0.103. The topological polar surface area (TPSA) is 71.7 Å². The standard InChI is InChI=1S/C19H12N2O3/c22-16-8-4-2-6-14(16)18(23)12-9-10-17-20-15-7-3-1-5-13(15)19(24)21(17)11-12/h1-11,22H. The quantitative estimate of drug-likeness (QED) is 0.456. The Morgan fingerprint density at radius 3 is 2.54 bits per heavy atom. The summed E-state index contributed by atoms with van der Waals surface area (Å²) in [6, 6.07) is 16.6. The number of carbonyl (C=O) groups excluding carboxylic acids is 1. The van der Waals surface area contributed by atoms with Crippen LogP contribution in [0.3, 0.4) is 0 Å². The third-order valence-corrected chi connectivity index (χ3v) is 3.93. The summed E-state index contributed by atoms with van der Waals surface area (Å²) >= 11 is 0. The highest BCUT2D eigenvalue weighted by Gasteiger charge is 2.14. The van der Waals surface area contributed by atoms with Crippen LogP contribution in [0.5, 0.6) is 5.75 Å². The second-order valence-electron chi connectivity index (χ2n) is 5.43. The van der Waals surface area contributed by atoms with Crippen LogP contribution in [0.4, 0.5) is 0 Å². The molecule has 116 valence electrons. The van der Waals surface area contributed by atoms with Crippen molar-refractivity contribution in [2.45, 2.75) is 0 Å². The SMILES string of the molecule is O=C(c1ccc2nc3ccccc3c(=O)n2c1)c1ccccc1O. The molecule has 24 heavy (non-hydrogen) atoms. The highest BCUT2D eigenvalue weighted by atomic mass is 16.3. The average molecular weight is 316 g/mol. The van der Waals surface area contributed by atoms with Crippen LogP contribution in [0.15, 0.2) is 71.7 Å². The van der Waals surface area contributed by atoms with Gasteiger partial charge in [0.15, 0.2) is 5.78 Å². The summed E-state index contributed by atoms with van der Waals surface area (Å²) in [6.45, 7) is 0. The second kappa shape index (κ2) is 5.31. The van der Waals surface area contributed by atoms with Gasteiger partial charge in [-0.15, -0.1) is 0 Å². The van der Waals surface area contributed by atoms with Gasteiger partial charge in [0.2, 0.25) is 0 Å². The van der Waals surface area contributed by atoms with Crippen molar-refractivity contribution in [2.75, 3.05) is 0 Å². The highest BCUT2D eigenvalue weighted by Crippen LogP contribution is 2.20. The maximum Gasteiger partial charge on any atom is 0.265 e. The van der Waals surface area contributed by atoms with Crippen LogP contribution < -0.4 is 5.56 Å². The first-order chi connectivity index (χ1) is 11.6. The van der Waals surface area contributed by atoms with Gasteiger partial charge >= 0.3 is 0 Å². The first-order valence-corrected chi connectivity index (χ1v) is 7.39. The Bertz CT molecular complexity index is 1160. The number of pyridine rings is 1. The van der Waals surface area contributed by atoms with Crippen LogP contribution in [0.25, 0.3) is 16.6 Å². The molecule has 2 heterocycles. The van der Waals surface area contributed by atoms with Gasteiger partial charge in [-0.25, -0.2) is 4.98 Å². The molecule has 4 aromatic rings. The molecule has 0 aliphatic heterocycles. The molecule has 2 aromatic heterocycles. The molecule has 0 amide bonds. The number of carbonyl (C=O) groups is 1. The summed E-state index contributed by atoms with van der Waals surface area (Å²) < 4.78 is 1.36. The van der Waals surface area contributed by atoms with E-state index < -0.39 is 0 Å². The van der Waals surface area contributed by atoms with Crippen molar-refractivity contribution in [3.63, 3.8) is 0 Å². The molecular formula is C19H12N2O3. The predicted molar refractivity (Wildman–Crippen MR) is 90.5 cm³/mol. The van der Waals surface area contributed by atoms with Crippen LogP contribution in [0, 0.1) is 0 Å². The Labute approximate surface area is 136 Å². The Balaban J connectivity index is 1.94. The fourth-order valence-corrected chi connectivity index (χ4v) is 2.71. The molecule has 0 bridgehead atoms. The number of para-hydroxylation sites is 2. The largest absolute Gasteiger partial charge is 0.507 e. The smallest absolute Gasteiger partial charge is 0.265 e. The number of hydrogen-bond acceptors (Lipinski definition) is 4. The van der Waals surface area contributed by atoms with Gasteiger partial charge in [0, 0.05) is 11.8 Å². The molecule has 0 radical (unpaired) electrons. The van der Waals surface area contributed by atoms with Crippen LogP contribution in [0.1, 0.15) is 15.9 Å². The van der Waals surface area contributed by atoms with Crippen LogP contribution in [-0.4, -0.2) is 20.3 Å². The minimum absolute atomic E-state index is 0.0911. The lowest BCUT2D eigenvalue weighted by Crippen LogP contribution is -2.16. The normalized spacial score (nSPS) is 11.0. The molecule has 0 fully saturated rings. The number of aromatic nitrogens is 2. The van der Waals surface area contributed by atoms with Crippen molar-refractivity contribution >= 4 is 22.3 Å². The van der Waals surface area contributed by atoms with E-state index in [4.69, 9.17) is 0 Å².